The lowest BCUT2D eigenvalue weighted by molar-refractivity contribution is -0.119. The van der Waals surface area contributed by atoms with E-state index in [4.69, 9.17) is 0 Å². The van der Waals surface area contributed by atoms with Crippen molar-refractivity contribution < 1.29 is 4.79 Å². The highest BCUT2D eigenvalue weighted by Crippen LogP contribution is 2.33. The number of amides is 1. The molecule has 1 aliphatic rings. The zero-order valence-electron chi connectivity index (χ0n) is 14.4. The molecule has 6 nitrogen and oxygen atoms in total. The quantitative estimate of drug-likeness (QED) is 0.884. The van der Waals surface area contributed by atoms with Gasteiger partial charge in [-0.2, -0.15) is 5.10 Å². The van der Waals surface area contributed by atoms with E-state index >= 15 is 0 Å². The smallest absolute Gasteiger partial charge is 0.217 e. The van der Waals surface area contributed by atoms with Crippen molar-refractivity contribution in [2.24, 2.45) is 0 Å². The molecular weight excluding hydrogens is 302 g/mol. The first-order valence-electron chi connectivity index (χ1n) is 8.60. The SMILES string of the molecule is CCn1cc(CN2CCC[C@@H]2c2ccnc(CNC(C)=O)c2)cn1. The van der Waals surface area contributed by atoms with Crippen LogP contribution in [0.3, 0.4) is 0 Å². The predicted octanol–water partition coefficient (Wildman–Crippen LogP) is 2.27. The maximum absolute atomic E-state index is 11.1. The number of carbonyl (C=O) groups excluding carboxylic acids is 1. The van der Waals surface area contributed by atoms with Gasteiger partial charge in [0.25, 0.3) is 0 Å². The minimum atomic E-state index is -0.0300. The van der Waals surface area contributed by atoms with Crippen LogP contribution in [0.4, 0.5) is 0 Å². The predicted molar refractivity (Wildman–Crippen MR) is 92.0 cm³/mol. The highest BCUT2D eigenvalue weighted by molar-refractivity contribution is 5.72. The molecule has 1 aliphatic heterocycles. The van der Waals surface area contributed by atoms with Crippen molar-refractivity contribution in [3.8, 4) is 0 Å². The number of carbonyl (C=O) groups is 1. The molecule has 1 N–H and O–H groups in total. The summed E-state index contributed by atoms with van der Waals surface area (Å²) in [5.74, 6) is -0.0300. The van der Waals surface area contributed by atoms with Gasteiger partial charge in [0.05, 0.1) is 18.4 Å². The molecule has 128 valence electrons. The van der Waals surface area contributed by atoms with Gasteiger partial charge in [-0.15, -0.1) is 0 Å². The highest BCUT2D eigenvalue weighted by Gasteiger charge is 2.26. The van der Waals surface area contributed by atoms with Gasteiger partial charge in [0, 0.05) is 44.0 Å². The van der Waals surface area contributed by atoms with Gasteiger partial charge in [-0.05, 0) is 44.0 Å². The molecule has 3 heterocycles. The van der Waals surface area contributed by atoms with Crippen molar-refractivity contribution in [2.75, 3.05) is 6.54 Å². The third kappa shape index (κ3) is 4.00. The molecule has 1 atom stereocenters. The molecule has 1 fully saturated rings. The van der Waals surface area contributed by atoms with Gasteiger partial charge < -0.3 is 5.32 Å². The Balaban J connectivity index is 1.70. The van der Waals surface area contributed by atoms with E-state index in [2.05, 4.69) is 45.6 Å². The summed E-state index contributed by atoms with van der Waals surface area (Å²) >= 11 is 0. The summed E-state index contributed by atoms with van der Waals surface area (Å²) < 4.78 is 1.97. The van der Waals surface area contributed by atoms with Crippen molar-refractivity contribution in [3.63, 3.8) is 0 Å². The van der Waals surface area contributed by atoms with Crippen molar-refractivity contribution in [1.29, 1.82) is 0 Å². The number of pyridine rings is 1. The molecule has 0 radical (unpaired) electrons. The van der Waals surface area contributed by atoms with E-state index in [9.17, 15) is 4.79 Å². The fraction of sp³-hybridized carbons (Fsp3) is 0.500. The molecule has 24 heavy (non-hydrogen) atoms. The summed E-state index contributed by atoms with van der Waals surface area (Å²) in [6.45, 7) is 7.04. The highest BCUT2D eigenvalue weighted by atomic mass is 16.1. The van der Waals surface area contributed by atoms with E-state index in [-0.39, 0.29) is 5.91 Å². The molecule has 0 aromatic carbocycles. The van der Waals surface area contributed by atoms with Gasteiger partial charge in [0.2, 0.25) is 5.91 Å². The Morgan fingerprint density at radius 2 is 2.33 bits per heavy atom. The molecule has 1 saturated heterocycles. The number of hydrogen-bond donors (Lipinski definition) is 1. The summed E-state index contributed by atoms with van der Waals surface area (Å²) in [5, 5.41) is 7.18. The lowest BCUT2D eigenvalue weighted by Gasteiger charge is -2.24. The topological polar surface area (TPSA) is 63.1 Å². The minimum absolute atomic E-state index is 0.0300. The molecule has 3 rings (SSSR count). The average molecular weight is 327 g/mol. The van der Waals surface area contributed by atoms with Crippen LogP contribution in [0.5, 0.6) is 0 Å². The molecule has 1 amide bonds. The lowest BCUT2D eigenvalue weighted by Crippen LogP contribution is -2.23. The van der Waals surface area contributed by atoms with Gasteiger partial charge in [0.1, 0.15) is 0 Å². The van der Waals surface area contributed by atoms with E-state index in [0.717, 1.165) is 31.7 Å². The van der Waals surface area contributed by atoms with E-state index in [1.807, 2.05) is 17.1 Å². The third-order valence-electron chi connectivity index (χ3n) is 4.50. The molecule has 0 unspecified atom stereocenters. The van der Waals surface area contributed by atoms with Crippen LogP contribution in [0.2, 0.25) is 0 Å². The average Bonchev–Trinajstić information content (AvgIpc) is 3.23. The van der Waals surface area contributed by atoms with Crippen molar-refractivity contribution >= 4 is 5.91 Å². The normalized spacial score (nSPS) is 18.0. The number of hydrogen-bond acceptors (Lipinski definition) is 4. The van der Waals surface area contributed by atoms with Crippen LogP contribution >= 0.6 is 0 Å². The first-order valence-corrected chi connectivity index (χ1v) is 8.60. The van der Waals surface area contributed by atoms with E-state index < -0.39 is 0 Å². The monoisotopic (exact) mass is 327 g/mol. The van der Waals surface area contributed by atoms with Crippen LogP contribution in [0.25, 0.3) is 0 Å². The maximum atomic E-state index is 11.1. The van der Waals surface area contributed by atoms with Crippen molar-refractivity contribution in [2.45, 2.75) is 52.4 Å². The number of likely N-dealkylation sites (tertiary alicyclic amines) is 1. The summed E-state index contributed by atoms with van der Waals surface area (Å²) in [7, 11) is 0. The standard InChI is InChI=1S/C18H25N5O/c1-3-23-13-15(10-21-23)12-22-8-4-5-18(22)16-6-7-19-17(9-16)11-20-14(2)24/h6-7,9-10,13,18H,3-5,8,11-12H2,1-2H3,(H,20,24)/t18-/m1/s1. The Labute approximate surface area is 142 Å². The first-order chi connectivity index (χ1) is 11.7. The first kappa shape index (κ1) is 16.6. The lowest BCUT2D eigenvalue weighted by atomic mass is 10.0. The van der Waals surface area contributed by atoms with Crippen LogP contribution in [-0.4, -0.2) is 32.1 Å². The van der Waals surface area contributed by atoms with Crippen LogP contribution < -0.4 is 5.32 Å². The molecule has 0 aliphatic carbocycles. The van der Waals surface area contributed by atoms with Gasteiger partial charge in [-0.1, -0.05) is 0 Å². The van der Waals surface area contributed by atoms with E-state index in [1.165, 1.54) is 24.5 Å². The molecule has 6 heteroatoms. The molecule has 2 aromatic heterocycles. The van der Waals surface area contributed by atoms with Crippen LogP contribution in [0.1, 0.15) is 49.6 Å². The number of nitrogens with zero attached hydrogens (tertiary/aromatic N) is 4. The summed E-state index contributed by atoms with van der Waals surface area (Å²) in [5.41, 5.74) is 3.45. The Hall–Kier alpha value is -2.21. The van der Waals surface area contributed by atoms with Gasteiger partial charge in [-0.25, -0.2) is 0 Å². The maximum Gasteiger partial charge on any atom is 0.217 e. The number of aromatic nitrogens is 3. The fourth-order valence-corrected chi connectivity index (χ4v) is 3.30. The van der Waals surface area contributed by atoms with Crippen molar-refractivity contribution in [3.05, 3.63) is 47.5 Å². The second-order valence-corrected chi connectivity index (χ2v) is 6.32. The number of rotatable bonds is 6. The Morgan fingerprint density at radius 1 is 1.46 bits per heavy atom. The largest absolute Gasteiger partial charge is 0.351 e. The van der Waals surface area contributed by atoms with Crippen LogP contribution in [0.15, 0.2) is 30.7 Å². The summed E-state index contributed by atoms with van der Waals surface area (Å²) in [6.07, 6.45) is 8.30. The number of nitrogens with one attached hydrogen (secondary N) is 1. The molecule has 2 aromatic rings. The summed E-state index contributed by atoms with van der Waals surface area (Å²) in [6, 6.07) is 4.62. The Morgan fingerprint density at radius 3 is 3.08 bits per heavy atom. The molecule has 0 saturated carbocycles. The van der Waals surface area contributed by atoms with Crippen molar-refractivity contribution in [1.82, 2.24) is 25.0 Å². The van der Waals surface area contributed by atoms with Gasteiger partial charge >= 0.3 is 0 Å². The van der Waals surface area contributed by atoms with Gasteiger partial charge in [-0.3, -0.25) is 19.4 Å². The molecule has 0 bridgehead atoms. The number of aryl methyl sites for hydroxylation is 1. The van der Waals surface area contributed by atoms with Gasteiger partial charge in [0.15, 0.2) is 0 Å². The Kier molecular flexibility index (Phi) is 5.25. The second kappa shape index (κ2) is 7.57. The third-order valence-corrected chi connectivity index (χ3v) is 4.50. The van der Waals surface area contributed by atoms with E-state index in [0.29, 0.717) is 12.6 Å². The van der Waals surface area contributed by atoms with Crippen LogP contribution in [0, 0.1) is 0 Å². The molecule has 0 spiro atoms. The second-order valence-electron chi connectivity index (χ2n) is 6.32. The molecular formula is C18H25N5O. The summed E-state index contributed by atoms with van der Waals surface area (Å²) in [4.78, 5) is 18.0. The van der Waals surface area contributed by atoms with E-state index in [1.54, 1.807) is 0 Å². The Bertz CT molecular complexity index is 696. The van der Waals surface area contributed by atoms with Crippen LogP contribution in [-0.2, 0) is 24.4 Å². The zero-order chi connectivity index (χ0) is 16.9. The zero-order valence-corrected chi connectivity index (χ0v) is 14.4. The fourth-order valence-electron chi connectivity index (χ4n) is 3.30. The minimum Gasteiger partial charge on any atom is -0.351 e.